The highest BCUT2D eigenvalue weighted by atomic mass is 16.3. The molecule has 2 atom stereocenters. The Morgan fingerprint density at radius 2 is 2.00 bits per heavy atom. The summed E-state index contributed by atoms with van der Waals surface area (Å²) in [6.45, 7) is 6.54. The first-order valence-corrected chi connectivity index (χ1v) is 7.93. The molecule has 2 unspecified atom stereocenters. The maximum Gasteiger partial charge on any atom is 0.0977 e. The van der Waals surface area contributed by atoms with Crippen molar-refractivity contribution in [1.82, 2.24) is 9.88 Å². The first kappa shape index (κ1) is 14.5. The quantitative estimate of drug-likeness (QED) is 0.933. The van der Waals surface area contributed by atoms with E-state index < -0.39 is 6.10 Å². The van der Waals surface area contributed by atoms with Gasteiger partial charge in [0.2, 0.25) is 0 Å². The van der Waals surface area contributed by atoms with Crippen LogP contribution >= 0.6 is 0 Å². The molecule has 1 aromatic carbocycles. The van der Waals surface area contributed by atoms with Crippen LogP contribution in [-0.4, -0.2) is 33.6 Å². The first-order valence-electron chi connectivity index (χ1n) is 7.93. The first-order chi connectivity index (χ1) is 10.2. The fourth-order valence-corrected chi connectivity index (χ4v) is 3.52. The third-order valence-electron chi connectivity index (χ3n) is 5.11. The highest BCUT2D eigenvalue weighted by Crippen LogP contribution is 2.38. The summed E-state index contributed by atoms with van der Waals surface area (Å²) in [5.74, 6) is 0. The Labute approximate surface area is 126 Å². The summed E-state index contributed by atoms with van der Waals surface area (Å²) in [4.78, 5) is 6.86. The number of likely N-dealkylation sites (tertiary alicyclic amines) is 1. The Hall–Kier alpha value is -1.45. The maximum absolute atomic E-state index is 11.1. The molecule has 1 aliphatic heterocycles. The SMILES string of the molecule is CCC(C)(C(O)c1cccc2ncccc12)N1CCCC1. The van der Waals surface area contributed by atoms with Gasteiger partial charge in [0.05, 0.1) is 11.6 Å². The molecule has 1 aromatic heterocycles. The fourth-order valence-electron chi connectivity index (χ4n) is 3.52. The molecule has 0 radical (unpaired) electrons. The monoisotopic (exact) mass is 284 g/mol. The summed E-state index contributed by atoms with van der Waals surface area (Å²) < 4.78 is 0. The van der Waals surface area contributed by atoms with E-state index in [1.54, 1.807) is 6.20 Å². The van der Waals surface area contributed by atoms with Gasteiger partial charge in [0.25, 0.3) is 0 Å². The van der Waals surface area contributed by atoms with Crippen molar-refractivity contribution in [2.45, 2.75) is 44.8 Å². The Balaban J connectivity index is 2.04. The largest absolute Gasteiger partial charge is 0.386 e. The van der Waals surface area contributed by atoms with Crippen molar-refractivity contribution in [2.24, 2.45) is 0 Å². The zero-order chi connectivity index (χ0) is 14.9. The molecule has 1 fully saturated rings. The summed E-state index contributed by atoms with van der Waals surface area (Å²) in [7, 11) is 0. The van der Waals surface area contributed by atoms with E-state index in [2.05, 4.69) is 29.8 Å². The van der Waals surface area contributed by atoms with Gasteiger partial charge >= 0.3 is 0 Å². The predicted molar refractivity (Wildman–Crippen MR) is 86.2 cm³/mol. The van der Waals surface area contributed by atoms with Crippen LogP contribution in [0.2, 0.25) is 0 Å². The molecular formula is C18H24N2O. The van der Waals surface area contributed by atoms with Crippen molar-refractivity contribution < 1.29 is 5.11 Å². The Bertz CT molecular complexity index is 616. The number of rotatable bonds is 4. The standard InChI is InChI=1S/C18H24N2O/c1-3-18(2,20-12-4-5-13-20)17(21)15-8-6-10-16-14(15)9-7-11-19-16/h6-11,17,21H,3-5,12-13H2,1-2H3. The highest BCUT2D eigenvalue weighted by Gasteiger charge is 2.39. The zero-order valence-corrected chi connectivity index (χ0v) is 12.9. The molecule has 112 valence electrons. The van der Waals surface area contributed by atoms with Gasteiger partial charge in [-0.1, -0.05) is 25.1 Å². The van der Waals surface area contributed by atoms with E-state index in [0.717, 1.165) is 36.0 Å². The highest BCUT2D eigenvalue weighted by molar-refractivity contribution is 5.82. The number of hydrogen-bond acceptors (Lipinski definition) is 3. The molecule has 1 saturated heterocycles. The van der Waals surface area contributed by atoms with E-state index >= 15 is 0 Å². The third kappa shape index (κ3) is 2.45. The van der Waals surface area contributed by atoms with E-state index in [1.807, 2.05) is 24.3 Å². The molecule has 0 amide bonds. The number of aliphatic hydroxyl groups is 1. The lowest BCUT2D eigenvalue weighted by molar-refractivity contribution is -0.0132. The average Bonchev–Trinajstić information content (AvgIpc) is 3.08. The molecule has 0 spiro atoms. The van der Waals surface area contributed by atoms with Crippen molar-refractivity contribution in [3.63, 3.8) is 0 Å². The van der Waals surface area contributed by atoms with Crippen LogP contribution in [-0.2, 0) is 0 Å². The fraction of sp³-hybridized carbons (Fsp3) is 0.500. The van der Waals surface area contributed by atoms with Crippen molar-refractivity contribution in [2.75, 3.05) is 13.1 Å². The van der Waals surface area contributed by atoms with Gasteiger partial charge in [-0.15, -0.1) is 0 Å². The number of aromatic nitrogens is 1. The second kappa shape index (κ2) is 5.74. The summed E-state index contributed by atoms with van der Waals surface area (Å²) in [5.41, 5.74) is 1.74. The third-order valence-corrected chi connectivity index (χ3v) is 5.11. The number of hydrogen-bond donors (Lipinski definition) is 1. The molecule has 3 heteroatoms. The molecule has 1 aliphatic rings. The zero-order valence-electron chi connectivity index (χ0n) is 12.9. The van der Waals surface area contributed by atoms with Crippen molar-refractivity contribution in [3.05, 3.63) is 42.1 Å². The van der Waals surface area contributed by atoms with Crippen molar-refractivity contribution in [3.8, 4) is 0 Å². The van der Waals surface area contributed by atoms with Crippen LogP contribution in [0.25, 0.3) is 10.9 Å². The number of nitrogens with zero attached hydrogens (tertiary/aromatic N) is 2. The van der Waals surface area contributed by atoms with Crippen molar-refractivity contribution >= 4 is 10.9 Å². The van der Waals surface area contributed by atoms with Crippen LogP contribution in [0.4, 0.5) is 0 Å². The molecule has 2 aromatic rings. The predicted octanol–water partition coefficient (Wildman–Crippen LogP) is 3.53. The molecule has 21 heavy (non-hydrogen) atoms. The van der Waals surface area contributed by atoms with E-state index in [9.17, 15) is 5.11 Å². The Kier molecular flexibility index (Phi) is 3.96. The average molecular weight is 284 g/mol. The summed E-state index contributed by atoms with van der Waals surface area (Å²) in [6.07, 6.45) is 4.72. The van der Waals surface area contributed by atoms with E-state index in [-0.39, 0.29) is 5.54 Å². The molecule has 0 bridgehead atoms. The van der Waals surface area contributed by atoms with E-state index in [1.165, 1.54) is 12.8 Å². The number of aliphatic hydroxyl groups excluding tert-OH is 1. The minimum atomic E-state index is -0.492. The summed E-state index contributed by atoms with van der Waals surface area (Å²) in [6, 6.07) is 10.0. The van der Waals surface area contributed by atoms with Gasteiger partial charge in [-0.25, -0.2) is 0 Å². The minimum absolute atomic E-state index is 0.208. The lowest BCUT2D eigenvalue weighted by atomic mass is 9.84. The molecule has 0 saturated carbocycles. The van der Waals surface area contributed by atoms with Gasteiger partial charge in [0.1, 0.15) is 0 Å². The normalized spacial score (nSPS) is 20.5. The van der Waals surface area contributed by atoms with Crippen LogP contribution in [0.3, 0.4) is 0 Å². The summed E-state index contributed by atoms with van der Waals surface area (Å²) >= 11 is 0. The van der Waals surface area contributed by atoms with Gasteiger partial charge in [0.15, 0.2) is 0 Å². The van der Waals surface area contributed by atoms with Gasteiger partial charge in [0, 0.05) is 17.1 Å². The molecule has 0 aliphatic carbocycles. The van der Waals surface area contributed by atoms with Gasteiger partial charge < -0.3 is 5.11 Å². The van der Waals surface area contributed by atoms with E-state index in [4.69, 9.17) is 0 Å². The second-order valence-electron chi connectivity index (χ2n) is 6.22. The van der Waals surface area contributed by atoms with Crippen LogP contribution in [0.1, 0.15) is 44.8 Å². The number of fused-ring (bicyclic) bond motifs is 1. The van der Waals surface area contributed by atoms with Crippen LogP contribution in [0, 0.1) is 0 Å². The molecular weight excluding hydrogens is 260 g/mol. The summed E-state index contributed by atoms with van der Waals surface area (Å²) in [5, 5.41) is 12.2. The van der Waals surface area contributed by atoms with Crippen molar-refractivity contribution in [1.29, 1.82) is 0 Å². The second-order valence-corrected chi connectivity index (χ2v) is 6.22. The lowest BCUT2D eigenvalue weighted by Crippen LogP contribution is -2.49. The Morgan fingerprint density at radius 1 is 1.24 bits per heavy atom. The van der Waals surface area contributed by atoms with Crippen LogP contribution in [0.15, 0.2) is 36.5 Å². The molecule has 1 N–H and O–H groups in total. The van der Waals surface area contributed by atoms with Gasteiger partial charge in [-0.2, -0.15) is 0 Å². The van der Waals surface area contributed by atoms with Gasteiger partial charge in [-0.05, 0) is 57.0 Å². The number of pyridine rings is 1. The van der Waals surface area contributed by atoms with Crippen LogP contribution in [0.5, 0.6) is 0 Å². The van der Waals surface area contributed by atoms with E-state index in [0.29, 0.717) is 0 Å². The smallest absolute Gasteiger partial charge is 0.0977 e. The van der Waals surface area contributed by atoms with Crippen LogP contribution < -0.4 is 0 Å². The number of benzene rings is 1. The maximum atomic E-state index is 11.1. The molecule has 3 nitrogen and oxygen atoms in total. The lowest BCUT2D eigenvalue weighted by Gasteiger charge is -2.42. The van der Waals surface area contributed by atoms with Gasteiger partial charge in [-0.3, -0.25) is 9.88 Å². The molecule has 2 heterocycles. The molecule has 3 rings (SSSR count). The topological polar surface area (TPSA) is 36.4 Å². The minimum Gasteiger partial charge on any atom is -0.386 e. The Morgan fingerprint density at radius 3 is 2.71 bits per heavy atom.